The van der Waals surface area contributed by atoms with Crippen LogP contribution in [0.3, 0.4) is 0 Å². The minimum atomic E-state index is -0.000786. The summed E-state index contributed by atoms with van der Waals surface area (Å²) >= 11 is 0. The largest absolute Gasteiger partial charge is 0.380 e. The molecular formula is C14H20N2O. The Kier molecular flexibility index (Phi) is 5.71. The predicted molar refractivity (Wildman–Crippen MR) is 70.4 cm³/mol. The van der Waals surface area contributed by atoms with E-state index in [9.17, 15) is 0 Å². The fourth-order valence-electron chi connectivity index (χ4n) is 1.80. The molecule has 3 heteroatoms. The second-order valence-corrected chi connectivity index (χ2v) is 3.98. The van der Waals surface area contributed by atoms with E-state index >= 15 is 0 Å². The van der Waals surface area contributed by atoms with E-state index in [0.717, 1.165) is 11.1 Å². The molecule has 17 heavy (non-hydrogen) atoms. The Morgan fingerprint density at radius 1 is 1.47 bits per heavy atom. The predicted octanol–water partition coefficient (Wildman–Crippen LogP) is 1.44. The molecular weight excluding hydrogens is 212 g/mol. The van der Waals surface area contributed by atoms with Gasteiger partial charge in [-0.3, -0.25) is 5.32 Å². The summed E-state index contributed by atoms with van der Waals surface area (Å²) in [5, 5.41) is 3.31. The van der Waals surface area contributed by atoms with Gasteiger partial charge in [0.2, 0.25) is 0 Å². The second-order valence-electron chi connectivity index (χ2n) is 3.98. The maximum absolute atomic E-state index is 5.80. The SMILES string of the molecule is C#CC(C)NC(CN)c1ccccc1COC. The molecule has 1 rings (SSSR count). The van der Waals surface area contributed by atoms with Crippen LogP contribution in [-0.2, 0) is 11.3 Å². The average molecular weight is 232 g/mol. The van der Waals surface area contributed by atoms with Crippen LogP contribution in [0.2, 0.25) is 0 Å². The van der Waals surface area contributed by atoms with Crippen molar-refractivity contribution in [2.45, 2.75) is 25.6 Å². The summed E-state index contributed by atoms with van der Waals surface area (Å²) in [5.41, 5.74) is 8.09. The summed E-state index contributed by atoms with van der Waals surface area (Å²) in [7, 11) is 1.69. The minimum Gasteiger partial charge on any atom is -0.380 e. The summed E-state index contributed by atoms with van der Waals surface area (Å²) in [6.45, 7) is 3.03. The highest BCUT2D eigenvalue weighted by Gasteiger charge is 2.14. The van der Waals surface area contributed by atoms with Gasteiger partial charge >= 0.3 is 0 Å². The number of ether oxygens (including phenoxy) is 1. The lowest BCUT2D eigenvalue weighted by Crippen LogP contribution is -2.34. The fraction of sp³-hybridized carbons (Fsp3) is 0.429. The zero-order chi connectivity index (χ0) is 12.7. The summed E-state index contributed by atoms with van der Waals surface area (Å²) in [4.78, 5) is 0. The molecule has 92 valence electrons. The van der Waals surface area contributed by atoms with Crippen molar-refractivity contribution < 1.29 is 4.74 Å². The van der Waals surface area contributed by atoms with Crippen LogP contribution < -0.4 is 11.1 Å². The highest BCUT2D eigenvalue weighted by Crippen LogP contribution is 2.18. The zero-order valence-electron chi connectivity index (χ0n) is 10.4. The maximum atomic E-state index is 5.80. The Bertz CT molecular complexity index is 384. The molecule has 0 aliphatic carbocycles. The van der Waals surface area contributed by atoms with Crippen molar-refractivity contribution in [2.75, 3.05) is 13.7 Å². The normalized spacial score (nSPS) is 14.0. The number of nitrogens with two attached hydrogens (primary N) is 1. The molecule has 0 saturated carbocycles. The Morgan fingerprint density at radius 3 is 2.76 bits per heavy atom. The fourth-order valence-corrected chi connectivity index (χ4v) is 1.80. The maximum Gasteiger partial charge on any atom is 0.0716 e. The highest BCUT2D eigenvalue weighted by atomic mass is 16.5. The lowest BCUT2D eigenvalue weighted by atomic mass is 10.00. The van der Waals surface area contributed by atoms with E-state index in [1.165, 1.54) is 0 Å². The molecule has 1 aromatic carbocycles. The third-order valence-corrected chi connectivity index (χ3v) is 2.67. The van der Waals surface area contributed by atoms with Gasteiger partial charge in [-0.2, -0.15) is 0 Å². The van der Waals surface area contributed by atoms with Gasteiger partial charge in [0, 0.05) is 19.7 Å². The smallest absolute Gasteiger partial charge is 0.0716 e. The van der Waals surface area contributed by atoms with E-state index in [1.807, 2.05) is 25.1 Å². The molecule has 3 N–H and O–H groups in total. The molecule has 0 saturated heterocycles. The van der Waals surface area contributed by atoms with Crippen LogP contribution in [0.5, 0.6) is 0 Å². The molecule has 3 nitrogen and oxygen atoms in total. The van der Waals surface area contributed by atoms with Crippen molar-refractivity contribution in [3.05, 3.63) is 35.4 Å². The first-order valence-electron chi connectivity index (χ1n) is 5.72. The third kappa shape index (κ3) is 3.86. The second kappa shape index (κ2) is 7.08. The van der Waals surface area contributed by atoms with Crippen LogP contribution in [0.25, 0.3) is 0 Å². The summed E-state index contributed by atoms with van der Waals surface area (Å²) in [5.74, 6) is 2.65. The van der Waals surface area contributed by atoms with Crippen molar-refractivity contribution in [1.82, 2.24) is 5.32 Å². The summed E-state index contributed by atoms with van der Waals surface area (Å²) < 4.78 is 5.19. The van der Waals surface area contributed by atoms with Gasteiger partial charge in [0.25, 0.3) is 0 Å². The topological polar surface area (TPSA) is 47.3 Å². The molecule has 0 aliphatic heterocycles. The van der Waals surface area contributed by atoms with Crippen molar-refractivity contribution >= 4 is 0 Å². The standard InChI is InChI=1S/C14H20N2O/c1-4-11(2)16-14(9-15)13-8-6-5-7-12(13)10-17-3/h1,5-8,11,14,16H,9-10,15H2,2-3H3. The highest BCUT2D eigenvalue weighted by molar-refractivity contribution is 5.30. The van der Waals surface area contributed by atoms with Crippen molar-refractivity contribution in [2.24, 2.45) is 5.73 Å². The number of terminal acetylenes is 1. The van der Waals surface area contributed by atoms with Crippen molar-refractivity contribution in [1.29, 1.82) is 0 Å². The molecule has 0 aromatic heterocycles. The number of hydrogen-bond donors (Lipinski definition) is 2. The van der Waals surface area contributed by atoms with Gasteiger partial charge in [-0.25, -0.2) is 0 Å². The molecule has 0 fully saturated rings. The molecule has 0 heterocycles. The number of methoxy groups -OCH3 is 1. The van der Waals surface area contributed by atoms with Crippen LogP contribution in [-0.4, -0.2) is 19.7 Å². The van der Waals surface area contributed by atoms with Crippen LogP contribution in [0.1, 0.15) is 24.1 Å². The Labute approximate surface area is 103 Å². The lowest BCUT2D eigenvalue weighted by molar-refractivity contribution is 0.183. The van der Waals surface area contributed by atoms with E-state index < -0.39 is 0 Å². The third-order valence-electron chi connectivity index (χ3n) is 2.67. The summed E-state index contributed by atoms with van der Waals surface area (Å²) in [6.07, 6.45) is 5.37. The minimum absolute atomic E-state index is 0.000786. The van der Waals surface area contributed by atoms with Crippen LogP contribution >= 0.6 is 0 Å². The molecule has 0 aliphatic rings. The van der Waals surface area contributed by atoms with E-state index in [2.05, 4.69) is 17.3 Å². The molecule has 0 spiro atoms. The first kappa shape index (κ1) is 13.7. The number of rotatable bonds is 6. The van der Waals surface area contributed by atoms with E-state index in [0.29, 0.717) is 13.2 Å². The molecule has 0 amide bonds. The number of nitrogens with one attached hydrogen (secondary N) is 1. The first-order valence-corrected chi connectivity index (χ1v) is 5.72. The van der Waals surface area contributed by atoms with Gasteiger partial charge in [-0.05, 0) is 18.1 Å². The van der Waals surface area contributed by atoms with Crippen LogP contribution in [0, 0.1) is 12.3 Å². The van der Waals surface area contributed by atoms with Crippen LogP contribution in [0.4, 0.5) is 0 Å². The van der Waals surface area contributed by atoms with Gasteiger partial charge in [0.05, 0.1) is 12.6 Å². The summed E-state index contributed by atoms with van der Waals surface area (Å²) in [6, 6.07) is 8.16. The number of benzene rings is 1. The Morgan fingerprint density at radius 2 is 2.18 bits per heavy atom. The zero-order valence-corrected chi connectivity index (χ0v) is 10.4. The van der Waals surface area contributed by atoms with E-state index in [1.54, 1.807) is 7.11 Å². The van der Waals surface area contributed by atoms with Gasteiger partial charge < -0.3 is 10.5 Å². The Hall–Kier alpha value is -1.34. The van der Waals surface area contributed by atoms with Crippen molar-refractivity contribution in [3.8, 4) is 12.3 Å². The quantitative estimate of drug-likeness (QED) is 0.730. The average Bonchev–Trinajstić information content (AvgIpc) is 2.37. The van der Waals surface area contributed by atoms with Gasteiger partial charge in [0.15, 0.2) is 0 Å². The van der Waals surface area contributed by atoms with Crippen molar-refractivity contribution in [3.63, 3.8) is 0 Å². The Balaban J connectivity index is 2.91. The monoisotopic (exact) mass is 232 g/mol. The first-order chi connectivity index (χ1) is 8.22. The molecule has 1 aromatic rings. The van der Waals surface area contributed by atoms with Gasteiger partial charge in [-0.15, -0.1) is 6.42 Å². The van der Waals surface area contributed by atoms with Crippen LogP contribution in [0.15, 0.2) is 24.3 Å². The van der Waals surface area contributed by atoms with E-state index in [-0.39, 0.29) is 12.1 Å². The van der Waals surface area contributed by atoms with Gasteiger partial charge in [0.1, 0.15) is 0 Å². The lowest BCUT2D eigenvalue weighted by Gasteiger charge is -2.22. The van der Waals surface area contributed by atoms with Gasteiger partial charge in [-0.1, -0.05) is 30.2 Å². The number of hydrogen-bond acceptors (Lipinski definition) is 3. The molecule has 2 unspecified atom stereocenters. The molecule has 0 radical (unpaired) electrons. The van der Waals surface area contributed by atoms with E-state index in [4.69, 9.17) is 16.9 Å². The molecule has 0 bridgehead atoms. The molecule has 2 atom stereocenters.